The zero-order valence-corrected chi connectivity index (χ0v) is 11.3. The first-order chi connectivity index (χ1) is 9.59. The summed E-state index contributed by atoms with van der Waals surface area (Å²) in [5, 5.41) is 4.05. The van der Waals surface area contributed by atoms with E-state index >= 15 is 0 Å². The van der Waals surface area contributed by atoms with Gasteiger partial charge < -0.3 is 5.73 Å². The molecule has 6 heteroatoms. The Labute approximate surface area is 116 Å². The maximum Gasteiger partial charge on any atom is 0.332 e. The Morgan fingerprint density at radius 1 is 1.10 bits per heavy atom. The molecular weight excluding hydrogens is 254 g/mol. The van der Waals surface area contributed by atoms with E-state index in [1.165, 1.54) is 0 Å². The number of primary amides is 1. The molecule has 0 bridgehead atoms. The summed E-state index contributed by atoms with van der Waals surface area (Å²) in [4.78, 5) is 19.5. The third-order valence-corrected chi connectivity index (χ3v) is 2.75. The lowest BCUT2D eigenvalue weighted by atomic mass is 10.0. The van der Waals surface area contributed by atoms with Gasteiger partial charge in [-0.25, -0.2) is 10.2 Å². The number of hydrogen-bond acceptors (Lipinski definition) is 4. The SMILES string of the molecule is Cc1cccnc1C(=NNC(N)=O)c1ncccc1C. The van der Waals surface area contributed by atoms with Crippen molar-refractivity contribution in [3.63, 3.8) is 0 Å². The molecule has 0 unspecified atom stereocenters. The molecule has 0 spiro atoms. The Morgan fingerprint density at radius 2 is 1.60 bits per heavy atom. The first kappa shape index (κ1) is 13.7. The standard InChI is InChI=1S/C14H15N5O/c1-9-5-3-7-16-11(9)13(18-19-14(15)20)12-10(2)6-4-8-17-12/h3-8H,1-2H3,(H3,15,19,20). The fraction of sp³-hybridized carbons (Fsp3) is 0.143. The second kappa shape index (κ2) is 5.92. The molecule has 0 aliphatic heterocycles. The van der Waals surface area contributed by atoms with Crippen LogP contribution in [0, 0.1) is 13.8 Å². The largest absolute Gasteiger partial charge is 0.350 e. The first-order valence-electron chi connectivity index (χ1n) is 6.06. The number of amides is 2. The van der Waals surface area contributed by atoms with Gasteiger partial charge in [-0.05, 0) is 37.1 Å². The van der Waals surface area contributed by atoms with Gasteiger partial charge in [0.25, 0.3) is 0 Å². The van der Waals surface area contributed by atoms with Crippen LogP contribution in [0.1, 0.15) is 22.5 Å². The van der Waals surface area contributed by atoms with Crippen molar-refractivity contribution in [2.75, 3.05) is 0 Å². The summed E-state index contributed by atoms with van der Waals surface area (Å²) in [5.74, 6) is 0. The van der Waals surface area contributed by atoms with E-state index in [4.69, 9.17) is 5.73 Å². The molecule has 0 aliphatic carbocycles. The minimum atomic E-state index is -0.732. The molecule has 0 atom stereocenters. The van der Waals surface area contributed by atoms with E-state index in [-0.39, 0.29) is 0 Å². The minimum absolute atomic E-state index is 0.486. The van der Waals surface area contributed by atoms with Gasteiger partial charge in [0, 0.05) is 12.4 Å². The number of aromatic nitrogens is 2. The summed E-state index contributed by atoms with van der Waals surface area (Å²) in [7, 11) is 0. The van der Waals surface area contributed by atoms with E-state index < -0.39 is 6.03 Å². The van der Waals surface area contributed by atoms with E-state index in [0.29, 0.717) is 17.1 Å². The normalized spacial score (nSPS) is 9.90. The van der Waals surface area contributed by atoms with Crippen LogP contribution < -0.4 is 11.2 Å². The number of urea groups is 1. The maximum absolute atomic E-state index is 10.9. The second-order valence-corrected chi connectivity index (χ2v) is 4.27. The van der Waals surface area contributed by atoms with Crippen LogP contribution in [-0.4, -0.2) is 21.7 Å². The Bertz CT molecular complexity index is 619. The monoisotopic (exact) mass is 269 g/mol. The number of pyridine rings is 2. The molecule has 2 aromatic rings. The molecule has 0 fully saturated rings. The number of nitrogens with zero attached hydrogens (tertiary/aromatic N) is 3. The average Bonchev–Trinajstić information content (AvgIpc) is 2.42. The highest BCUT2D eigenvalue weighted by atomic mass is 16.2. The lowest BCUT2D eigenvalue weighted by Gasteiger charge is -2.10. The quantitative estimate of drug-likeness (QED) is 0.653. The number of rotatable bonds is 3. The number of carbonyl (C=O) groups excluding carboxylic acids is 1. The second-order valence-electron chi connectivity index (χ2n) is 4.27. The Hall–Kier alpha value is -2.76. The predicted molar refractivity (Wildman–Crippen MR) is 76.3 cm³/mol. The number of nitrogens with two attached hydrogens (primary N) is 1. The van der Waals surface area contributed by atoms with Gasteiger partial charge in [0.2, 0.25) is 0 Å². The molecule has 0 radical (unpaired) electrons. The highest BCUT2D eigenvalue weighted by Crippen LogP contribution is 2.13. The zero-order valence-electron chi connectivity index (χ0n) is 11.3. The van der Waals surface area contributed by atoms with E-state index in [1.807, 2.05) is 38.1 Å². The average molecular weight is 269 g/mol. The summed E-state index contributed by atoms with van der Waals surface area (Å²) in [6.45, 7) is 3.83. The van der Waals surface area contributed by atoms with E-state index in [2.05, 4.69) is 20.5 Å². The third-order valence-electron chi connectivity index (χ3n) is 2.75. The summed E-state index contributed by atoms with van der Waals surface area (Å²) < 4.78 is 0. The molecule has 20 heavy (non-hydrogen) atoms. The first-order valence-corrected chi connectivity index (χ1v) is 6.06. The van der Waals surface area contributed by atoms with Gasteiger partial charge in [-0.1, -0.05) is 12.1 Å². The van der Waals surface area contributed by atoms with Gasteiger partial charge in [0.15, 0.2) is 0 Å². The van der Waals surface area contributed by atoms with Crippen molar-refractivity contribution in [2.24, 2.45) is 10.8 Å². The number of nitrogens with one attached hydrogen (secondary N) is 1. The number of hydrogen-bond donors (Lipinski definition) is 2. The molecule has 3 N–H and O–H groups in total. The Kier molecular flexibility index (Phi) is 4.05. The molecule has 0 aromatic carbocycles. The summed E-state index contributed by atoms with van der Waals surface area (Å²) in [6.07, 6.45) is 3.33. The van der Waals surface area contributed by atoms with Crippen LogP contribution in [0.2, 0.25) is 0 Å². The third kappa shape index (κ3) is 2.97. The van der Waals surface area contributed by atoms with Gasteiger partial charge in [-0.15, -0.1) is 0 Å². The molecule has 2 rings (SSSR count). The van der Waals surface area contributed by atoms with Crippen molar-refractivity contribution in [1.29, 1.82) is 0 Å². The fourth-order valence-electron chi connectivity index (χ4n) is 1.80. The lowest BCUT2D eigenvalue weighted by molar-refractivity contribution is 0.249. The summed E-state index contributed by atoms with van der Waals surface area (Å²) in [6, 6.07) is 6.78. The van der Waals surface area contributed by atoms with Crippen LogP contribution in [0.3, 0.4) is 0 Å². The van der Waals surface area contributed by atoms with Crippen LogP contribution in [0.4, 0.5) is 4.79 Å². The molecule has 2 heterocycles. The highest BCUT2D eigenvalue weighted by molar-refractivity contribution is 6.12. The van der Waals surface area contributed by atoms with Gasteiger partial charge in [0.05, 0.1) is 11.4 Å². The molecule has 2 amide bonds. The molecule has 0 saturated heterocycles. The molecular formula is C14H15N5O. The molecule has 0 saturated carbocycles. The van der Waals surface area contributed by atoms with E-state index in [1.54, 1.807) is 12.4 Å². The molecule has 102 valence electrons. The van der Waals surface area contributed by atoms with E-state index in [9.17, 15) is 4.79 Å². The molecule has 2 aromatic heterocycles. The van der Waals surface area contributed by atoms with Crippen molar-refractivity contribution in [3.8, 4) is 0 Å². The van der Waals surface area contributed by atoms with E-state index in [0.717, 1.165) is 11.1 Å². The molecule has 0 aliphatic rings. The van der Waals surface area contributed by atoms with Gasteiger partial charge in [-0.3, -0.25) is 9.97 Å². The Balaban J connectivity index is 2.57. The number of carbonyl (C=O) groups is 1. The maximum atomic E-state index is 10.9. The van der Waals surface area contributed by atoms with Crippen LogP contribution in [0.15, 0.2) is 41.8 Å². The van der Waals surface area contributed by atoms with Gasteiger partial charge in [0.1, 0.15) is 5.71 Å². The van der Waals surface area contributed by atoms with Crippen LogP contribution in [0.5, 0.6) is 0 Å². The highest BCUT2D eigenvalue weighted by Gasteiger charge is 2.15. The van der Waals surface area contributed by atoms with Crippen molar-refractivity contribution >= 4 is 11.7 Å². The van der Waals surface area contributed by atoms with Gasteiger partial charge in [-0.2, -0.15) is 5.10 Å². The van der Waals surface area contributed by atoms with Crippen molar-refractivity contribution in [1.82, 2.24) is 15.4 Å². The zero-order chi connectivity index (χ0) is 14.5. The number of aryl methyl sites for hydroxylation is 2. The van der Waals surface area contributed by atoms with Crippen LogP contribution in [-0.2, 0) is 0 Å². The van der Waals surface area contributed by atoms with Crippen molar-refractivity contribution in [3.05, 3.63) is 59.2 Å². The van der Waals surface area contributed by atoms with Crippen LogP contribution in [0.25, 0.3) is 0 Å². The van der Waals surface area contributed by atoms with Crippen molar-refractivity contribution < 1.29 is 4.79 Å². The topological polar surface area (TPSA) is 93.3 Å². The Morgan fingerprint density at radius 3 is 2.00 bits per heavy atom. The lowest BCUT2D eigenvalue weighted by Crippen LogP contribution is -2.27. The smallest absolute Gasteiger partial charge is 0.332 e. The summed E-state index contributed by atoms with van der Waals surface area (Å²) >= 11 is 0. The van der Waals surface area contributed by atoms with Crippen molar-refractivity contribution in [2.45, 2.75) is 13.8 Å². The fourth-order valence-corrected chi connectivity index (χ4v) is 1.80. The minimum Gasteiger partial charge on any atom is -0.350 e. The predicted octanol–water partition coefficient (Wildman–Crippen LogP) is 1.51. The molecule has 6 nitrogen and oxygen atoms in total. The summed E-state index contributed by atoms with van der Waals surface area (Å²) in [5.41, 5.74) is 11.0. The number of hydrazone groups is 1. The van der Waals surface area contributed by atoms with Crippen LogP contribution >= 0.6 is 0 Å². The van der Waals surface area contributed by atoms with Gasteiger partial charge >= 0.3 is 6.03 Å².